The highest BCUT2D eigenvalue weighted by molar-refractivity contribution is 5.90. The van der Waals surface area contributed by atoms with Crippen LogP contribution in [0.15, 0.2) is 97.6 Å². The van der Waals surface area contributed by atoms with E-state index in [1.165, 1.54) is 25.7 Å². The molecule has 1 atom stereocenters. The Kier molecular flexibility index (Phi) is 18.7. The zero-order valence-corrected chi connectivity index (χ0v) is 33.9. The SMILES string of the molecule is C=C(N)C(C)(C)NC(=O)OC(C)(C)C.CC(=O)C(c1ccc2ccccc2c1)n1cnc(NC(=O)CCOCc2ccccc2)c1.CCCC(C)CCC. The van der Waals surface area contributed by atoms with E-state index in [1.807, 2.05) is 72.8 Å². The summed E-state index contributed by atoms with van der Waals surface area (Å²) in [6.07, 6.45) is 8.51. The van der Waals surface area contributed by atoms with Crippen LogP contribution in [-0.2, 0) is 25.7 Å². The molecule has 1 unspecified atom stereocenters. The molecule has 10 nitrogen and oxygen atoms in total. The molecule has 2 amide bonds. The lowest BCUT2D eigenvalue weighted by Gasteiger charge is -2.28. The van der Waals surface area contributed by atoms with Gasteiger partial charge < -0.3 is 30.4 Å². The number of Topliss-reactive ketones (excluding diaryl/α,β-unsaturated/α-hetero) is 1. The average molecular weight is 742 g/mol. The highest BCUT2D eigenvalue weighted by Gasteiger charge is 2.25. The number of ketones is 1. The quantitative estimate of drug-likeness (QED) is 0.103. The van der Waals surface area contributed by atoms with Crippen LogP contribution in [0.1, 0.15) is 112 Å². The van der Waals surface area contributed by atoms with Gasteiger partial charge >= 0.3 is 6.09 Å². The number of nitrogens with zero attached hydrogens (tertiary/aromatic N) is 2. The van der Waals surface area contributed by atoms with Gasteiger partial charge in [0.15, 0.2) is 11.6 Å². The molecule has 54 heavy (non-hydrogen) atoms. The number of carbonyl (C=O) groups is 3. The number of alkyl carbamates (subject to hydrolysis) is 1. The Hall–Kier alpha value is -4.96. The van der Waals surface area contributed by atoms with E-state index < -0.39 is 23.3 Å². The van der Waals surface area contributed by atoms with E-state index in [9.17, 15) is 14.4 Å². The van der Waals surface area contributed by atoms with Gasteiger partial charge in [0.25, 0.3) is 0 Å². The zero-order valence-electron chi connectivity index (χ0n) is 33.9. The van der Waals surface area contributed by atoms with E-state index in [-0.39, 0.29) is 18.1 Å². The number of nitrogens with two attached hydrogens (primary N) is 1. The second-order valence-corrected chi connectivity index (χ2v) is 15.1. The molecule has 4 N–H and O–H groups in total. The van der Waals surface area contributed by atoms with Gasteiger partial charge in [-0.25, -0.2) is 9.78 Å². The van der Waals surface area contributed by atoms with Gasteiger partial charge in [-0.1, -0.05) is 120 Å². The van der Waals surface area contributed by atoms with Gasteiger partial charge in [0.05, 0.1) is 31.5 Å². The minimum atomic E-state index is -0.650. The average Bonchev–Trinajstić information content (AvgIpc) is 3.54. The number of aromatic nitrogens is 2. The molecular weight excluding hydrogens is 679 g/mol. The van der Waals surface area contributed by atoms with Crippen molar-refractivity contribution in [2.75, 3.05) is 11.9 Å². The Morgan fingerprint density at radius 2 is 1.52 bits per heavy atom. The van der Waals surface area contributed by atoms with Crippen LogP contribution in [-0.4, -0.2) is 45.1 Å². The van der Waals surface area contributed by atoms with E-state index >= 15 is 0 Å². The van der Waals surface area contributed by atoms with E-state index in [1.54, 1.807) is 58.6 Å². The number of anilines is 1. The zero-order chi connectivity index (χ0) is 40.3. The van der Waals surface area contributed by atoms with E-state index in [4.69, 9.17) is 15.2 Å². The highest BCUT2D eigenvalue weighted by Crippen LogP contribution is 2.25. The number of imidazole rings is 1. The molecule has 0 saturated heterocycles. The lowest BCUT2D eigenvalue weighted by atomic mass is 9.99. The number of hydrogen-bond donors (Lipinski definition) is 3. The third kappa shape index (κ3) is 16.8. The van der Waals surface area contributed by atoms with Gasteiger partial charge in [0.1, 0.15) is 11.6 Å². The molecule has 294 valence electrons. The van der Waals surface area contributed by atoms with Crippen molar-refractivity contribution < 1.29 is 23.9 Å². The van der Waals surface area contributed by atoms with Crippen molar-refractivity contribution in [3.8, 4) is 0 Å². The number of nitrogens with one attached hydrogen (secondary N) is 2. The second kappa shape index (κ2) is 22.3. The molecule has 3 aromatic carbocycles. The third-order valence-electron chi connectivity index (χ3n) is 8.41. The lowest BCUT2D eigenvalue weighted by Crippen LogP contribution is -2.48. The summed E-state index contributed by atoms with van der Waals surface area (Å²) in [5.74, 6) is 1.17. The predicted molar refractivity (Wildman–Crippen MR) is 220 cm³/mol. The maximum absolute atomic E-state index is 12.5. The van der Waals surface area contributed by atoms with Crippen LogP contribution >= 0.6 is 0 Å². The molecule has 0 radical (unpaired) electrons. The molecule has 1 heterocycles. The van der Waals surface area contributed by atoms with E-state index in [0.29, 0.717) is 24.7 Å². The third-order valence-corrected chi connectivity index (χ3v) is 8.41. The first kappa shape index (κ1) is 45.2. The standard InChI is InChI=1S/C26H25N3O3.C10H20N2O2.C8H18/c1-19(30)26(23-12-11-21-9-5-6-10-22(21)15-23)29-16-24(27-18-29)28-25(31)13-14-32-17-20-7-3-2-4-8-20;1-7(11)10(5,6)12-8(13)14-9(2,3)4;1-4-6-8(3)7-5-2/h2-12,15-16,18,26H,13-14,17H2,1H3,(H,28,31);1,11H2,2-6H3,(H,12,13);8H,4-7H2,1-3H3. The van der Waals surface area contributed by atoms with Crippen molar-refractivity contribution in [2.45, 2.75) is 118 Å². The molecule has 4 aromatic rings. The van der Waals surface area contributed by atoms with Crippen LogP contribution in [0.25, 0.3) is 10.8 Å². The van der Waals surface area contributed by atoms with Gasteiger partial charge in [-0.15, -0.1) is 0 Å². The summed E-state index contributed by atoms with van der Waals surface area (Å²) >= 11 is 0. The van der Waals surface area contributed by atoms with Gasteiger partial charge in [-0.05, 0) is 75.4 Å². The van der Waals surface area contributed by atoms with Crippen LogP contribution < -0.4 is 16.4 Å². The Balaban J connectivity index is 0.000000379. The number of benzene rings is 3. The molecular formula is C44H63N5O5. The van der Waals surface area contributed by atoms with Gasteiger partial charge in [0.2, 0.25) is 5.91 Å². The van der Waals surface area contributed by atoms with Gasteiger partial charge in [0, 0.05) is 11.9 Å². The summed E-state index contributed by atoms with van der Waals surface area (Å²) in [5.41, 5.74) is 6.70. The smallest absolute Gasteiger partial charge is 0.408 e. The van der Waals surface area contributed by atoms with Crippen LogP contribution in [0.3, 0.4) is 0 Å². The summed E-state index contributed by atoms with van der Waals surface area (Å²) in [5, 5.41) is 7.59. The van der Waals surface area contributed by atoms with Crippen LogP contribution in [0, 0.1) is 5.92 Å². The fourth-order valence-electron chi connectivity index (χ4n) is 5.44. The molecule has 0 bridgehead atoms. The van der Waals surface area contributed by atoms with Crippen molar-refractivity contribution in [1.82, 2.24) is 14.9 Å². The summed E-state index contributed by atoms with van der Waals surface area (Å²) < 4.78 is 12.4. The normalized spacial score (nSPS) is 11.7. The van der Waals surface area contributed by atoms with E-state index in [2.05, 4.69) is 43.0 Å². The molecule has 4 rings (SSSR count). The van der Waals surface area contributed by atoms with Crippen molar-refractivity contribution in [2.24, 2.45) is 11.7 Å². The second-order valence-electron chi connectivity index (χ2n) is 15.1. The summed E-state index contributed by atoms with van der Waals surface area (Å²) in [6.45, 7) is 21.7. The van der Waals surface area contributed by atoms with Crippen molar-refractivity contribution in [1.29, 1.82) is 0 Å². The largest absolute Gasteiger partial charge is 0.444 e. The van der Waals surface area contributed by atoms with E-state index in [0.717, 1.165) is 27.8 Å². The first-order valence-corrected chi connectivity index (χ1v) is 18.9. The Morgan fingerprint density at radius 1 is 0.907 bits per heavy atom. The molecule has 0 spiro atoms. The first-order valence-electron chi connectivity index (χ1n) is 18.9. The van der Waals surface area contributed by atoms with Crippen LogP contribution in [0.2, 0.25) is 0 Å². The number of ether oxygens (including phenoxy) is 2. The number of rotatable bonds is 15. The molecule has 0 fully saturated rings. The maximum atomic E-state index is 12.5. The minimum absolute atomic E-state index is 0.00938. The molecule has 0 aliphatic carbocycles. The van der Waals surface area contributed by atoms with Crippen LogP contribution in [0.4, 0.5) is 10.6 Å². The van der Waals surface area contributed by atoms with Gasteiger partial charge in [-0.2, -0.15) is 0 Å². The maximum Gasteiger partial charge on any atom is 0.408 e. The lowest BCUT2D eigenvalue weighted by molar-refractivity contribution is -0.119. The number of hydrogen-bond acceptors (Lipinski definition) is 7. The predicted octanol–water partition coefficient (Wildman–Crippen LogP) is 9.74. The highest BCUT2D eigenvalue weighted by atomic mass is 16.6. The Labute approximate surface area is 322 Å². The fourth-order valence-corrected chi connectivity index (χ4v) is 5.44. The molecule has 10 heteroatoms. The molecule has 1 aromatic heterocycles. The van der Waals surface area contributed by atoms with Crippen LogP contribution in [0.5, 0.6) is 0 Å². The molecule has 0 aliphatic rings. The number of amides is 2. The number of carbonyl (C=O) groups excluding carboxylic acids is 3. The monoisotopic (exact) mass is 741 g/mol. The van der Waals surface area contributed by atoms with Crippen molar-refractivity contribution in [3.63, 3.8) is 0 Å². The molecule has 0 saturated carbocycles. The minimum Gasteiger partial charge on any atom is -0.444 e. The Morgan fingerprint density at radius 3 is 2.09 bits per heavy atom. The summed E-state index contributed by atoms with van der Waals surface area (Å²) in [7, 11) is 0. The topological polar surface area (TPSA) is 138 Å². The first-order chi connectivity index (χ1) is 25.4. The van der Waals surface area contributed by atoms with Gasteiger partial charge in [-0.3, -0.25) is 9.59 Å². The molecule has 0 aliphatic heterocycles. The van der Waals surface area contributed by atoms with Crippen molar-refractivity contribution >= 4 is 34.4 Å². The number of fused-ring (bicyclic) bond motifs is 1. The fraction of sp³-hybridized carbons (Fsp3) is 0.455. The summed E-state index contributed by atoms with van der Waals surface area (Å²) in [6, 6.07) is 23.3. The Bertz CT molecular complexity index is 1750. The van der Waals surface area contributed by atoms with Crippen molar-refractivity contribution in [3.05, 3.63) is 109 Å². The summed E-state index contributed by atoms with van der Waals surface area (Å²) in [4.78, 5) is 40.3.